The molecule has 3 rings (SSSR count). The van der Waals surface area contributed by atoms with Gasteiger partial charge >= 0.3 is 0 Å². The summed E-state index contributed by atoms with van der Waals surface area (Å²) in [6, 6.07) is 5.87. The molecule has 128 valence electrons. The summed E-state index contributed by atoms with van der Waals surface area (Å²) in [7, 11) is 0. The lowest BCUT2D eigenvalue weighted by molar-refractivity contribution is -0.121. The minimum atomic E-state index is -0.0000355. The van der Waals surface area contributed by atoms with Crippen molar-refractivity contribution in [2.24, 2.45) is 5.41 Å². The van der Waals surface area contributed by atoms with E-state index in [-0.39, 0.29) is 24.2 Å². The van der Waals surface area contributed by atoms with E-state index in [2.05, 4.69) is 31.1 Å². The second kappa shape index (κ2) is 6.43. The van der Waals surface area contributed by atoms with Gasteiger partial charge < -0.3 is 14.8 Å². The first kappa shape index (κ1) is 16.8. The van der Waals surface area contributed by atoms with E-state index in [0.717, 1.165) is 27.8 Å². The number of hydrogen-bond donors (Lipinski definition) is 1. The molecule has 0 saturated heterocycles. The highest BCUT2D eigenvalue weighted by atomic mass is 32.1. The van der Waals surface area contributed by atoms with Crippen LogP contribution in [0, 0.1) is 5.41 Å². The molecule has 1 aliphatic rings. The fourth-order valence-corrected chi connectivity index (χ4v) is 3.04. The van der Waals surface area contributed by atoms with E-state index in [1.807, 2.05) is 30.5 Å². The maximum absolute atomic E-state index is 12.2. The van der Waals surface area contributed by atoms with Crippen LogP contribution in [-0.2, 0) is 11.2 Å². The number of carbonyl (C=O) groups excluding carboxylic acids is 1. The first-order chi connectivity index (χ1) is 11.3. The van der Waals surface area contributed by atoms with E-state index in [1.165, 1.54) is 11.3 Å². The first-order valence-electron chi connectivity index (χ1n) is 7.97. The van der Waals surface area contributed by atoms with E-state index in [1.54, 1.807) is 0 Å². The van der Waals surface area contributed by atoms with Crippen LogP contribution in [-0.4, -0.2) is 23.7 Å². The van der Waals surface area contributed by atoms with Crippen LogP contribution in [0.15, 0.2) is 23.6 Å². The van der Waals surface area contributed by atoms with Crippen molar-refractivity contribution in [2.45, 2.75) is 40.2 Å². The summed E-state index contributed by atoms with van der Waals surface area (Å²) in [6.45, 7) is 8.61. The quantitative estimate of drug-likeness (QED) is 0.918. The lowest BCUT2D eigenvalue weighted by atomic mass is 9.88. The highest BCUT2D eigenvalue weighted by Crippen LogP contribution is 2.36. The van der Waals surface area contributed by atoms with Gasteiger partial charge in [-0.2, -0.15) is 0 Å². The van der Waals surface area contributed by atoms with E-state index in [9.17, 15) is 4.79 Å². The Morgan fingerprint density at radius 2 is 2.08 bits per heavy atom. The van der Waals surface area contributed by atoms with Gasteiger partial charge in [0.05, 0.1) is 12.1 Å². The van der Waals surface area contributed by atoms with Crippen LogP contribution < -0.4 is 14.8 Å². The highest BCUT2D eigenvalue weighted by Gasteiger charge is 2.22. The Balaban J connectivity index is 1.66. The van der Waals surface area contributed by atoms with E-state index >= 15 is 0 Å². The monoisotopic (exact) mass is 346 g/mol. The average Bonchev–Trinajstić information content (AvgIpc) is 3.13. The fraction of sp³-hybridized carbons (Fsp3) is 0.444. The number of ether oxygens (including phenoxy) is 2. The summed E-state index contributed by atoms with van der Waals surface area (Å²) in [5, 5.41) is 5.85. The van der Waals surface area contributed by atoms with Gasteiger partial charge in [-0.3, -0.25) is 4.79 Å². The number of nitrogens with zero attached hydrogens (tertiary/aromatic N) is 1. The molecule has 1 N–H and O–H groups in total. The fourth-order valence-electron chi connectivity index (χ4n) is 2.22. The van der Waals surface area contributed by atoms with Gasteiger partial charge in [0, 0.05) is 17.0 Å². The summed E-state index contributed by atoms with van der Waals surface area (Å²) in [5.41, 5.74) is 1.79. The third-order valence-corrected chi connectivity index (χ3v) is 5.13. The maximum atomic E-state index is 12.2. The van der Waals surface area contributed by atoms with Crippen LogP contribution in [0.25, 0.3) is 10.6 Å². The summed E-state index contributed by atoms with van der Waals surface area (Å²) in [5.74, 6) is 1.49. The number of benzene rings is 1. The van der Waals surface area contributed by atoms with Gasteiger partial charge in [0.2, 0.25) is 12.7 Å². The zero-order chi connectivity index (χ0) is 17.3. The smallest absolute Gasteiger partial charge is 0.231 e. The molecule has 0 aliphatic carbocycles. The molecule has 1 aromatic carbocycles. The number of aromatic nitrogens is 1. The number of nitrogens with one attached hydrogen (secondary N) is 1. The molecule has 0 saturated carbocycles. The largest absolute Gasteiger partial charge is 0.454 e. The molecule has 1 unspecified atom stereocenters. The Bertz CT molecular complexity index is 749. The SMILES string of the molecule is CC(NC(=O)Cc1csc(-c2ccc3c(c2)OCO3)n1)C(C)(C)C. The van der Waals surface area contributed by atoms with Crippen molar-refractivity contribution in [3.8, 4) is 22.1 Å². The molecule has 0 spiro atoms. The molecule has 0 radical (unpaired) electrons. The first-order valence-corrected chi connectivity index (χ1v) is 8.84. The molecule has 5 nitrogen and oxygen atoms in total. The number of carbonyl (C=O) groups is 1. The van der Waals surface area contributed by atoms with Crippen molar-refractivity contribution in [2.75, 3.05) is 6.79 Å². The Hall–Kier alpha value is -2.08. The average molecular weight is 346 g/mol. The zero-order valence-electron chi connectivity index (χ0n) is 14.4. The summed E-state index contributed by atoms with van der Waals surface area (Å²) >= 11 is 1.53. The van der Waals surface area contributed by atoms with Crippen molar-refractivity contribution in [1.29, 1.82) is 0 Å². The molecule has 1 aromatic heterocycles. The van der Waals surface area contributed by atoms with Crippen LogP contribution in [0.4, 0.5) is 0 Å². The van der Waals surface area contributed by atoms with Crippen molar-refractivity contribution in [3.05, 3.63) is 29.3 Å². The molecule has 6 heteroatoms. The number of fused-ring (bicyclic) bond motifs is 1. The third-order valence-electron chi connectivity index (χ3n) is 4.19. The van der Waals surface area contributed by atoms with Gasteiger partial charge in [0.25, 0.3) is 0 Å². The molecule has 2 aromatic rings. The number of rotatable bonds is 4. The zero-order valence-corrected chi connectivity index (χ0v) is 15.2. The van der Waals surface area contributed by atoms with Crippen LogP contribution in [0.2, 0.25) is 0 Å². The van der Waals surface area contributed by atoms with E-state index < -0.39 is 0 Å². The normalized spacial score (nSPS) is 14.5. The molecular formula is C18H22N2O3S. The van der Waals surface area contributed by atoms with Gasteiger partial charge in [-0.25, -0.2) is 4.98 Å². The topological polar surface area (TPSA) is 60.5 Å². The van der Waals surface area contributed by atoms with Crippen molar-refractivity contribution in [1.82, 2.24) is 10.3 Å². The van der Waals surface area contributed by atoms with Crippen molar-refractivity contribution < 1.29 is 14.3 Å². The van der Waals surface area contributed by atoms with Gasteiger partial charge in [0.15, 0.2) is 11.5 Å². The van der Waals surface area contributed by atoms with Crippen LogP contribution >= 0.6 is 11.3 Å². The Morgan fingerprint density at radius 1 is 1.33 bits per heavy atom. The standard InChI is InChI=1S/C18H22N2O3S/c1-11(18(2,3)4)19-16(21)8-13-9-24-17(20-13)12-5-6-14-15(7-12)23-10-22-14/h5-7,9,11H,8,10H2,1-4H3,(H,19,21). The summed E-state index contributed by atoms with van der Waals surface area (Å²) in [4.78, 5) is 16.8. The van der Waals surface area contributed by atoms with E-state index in [4.69, 9.17) is 9.47 Å². The predicted molar refractivity (Wildman–Crippen MR) is 94.4 cm³/mol. The Morgan fingerprint density at radius 3 is 2.83 bits per heavy atom. The van der Waals surface area contributed by atoms with Gasteiger partial charge in [0.1, 0.15) is 5.01 Å². The highest BCUT2D eigenvalue weighted by molar-refractivity contribution is 7.13. The van der Waals surface area contributed by atoms with E-state index in [0.29, 0.717) is 6.42 Å². The van der Waals surface area contributed by atoms with Gasteiger partial charge in [-0.15, -0.1) is 11.3 Å². The number of thiazole rings is 1. The predicted octanol–water partition coefficient (Wildman–Crippen LogP) is 3.63. The van der Waals surface area contributed by atoms with Gasteiger partial charge in [-0.05, 0) is 30.5 Å². The molecule has 1 amide bonds. The van der Waals surface area contributed by atoms with Crippen molar-refractivity contribution >= 4 is 17.2 Å². The summed E-state index contributed by atoms with van der Waals surface area (Å²) < 4.78 is 10.7. The molecule has 24 heavy (non-hydrogen) atoms. The molecular weight excluding hydrogens is 324 g/mol. The lowest BCUT2D eigenvalue weighted by Gasteiger charge is -2.27. The molecule has 1 atom stereocenters. The Kier molecular flexibility index (Phi) is 4.49. The molecule has 0 fully saturated rings. The van der Waals surface area contributed by atoms with Gasteiger partial charge in [-0.1, -0.05) is 20.8 Å². The minimum Gasteiger partial charge on any atom is -0.454 e. The Labute approximate surface area is 146 Å². The van der Waals surface area contributed by atoms with Crippen LogP contribution in [0.1, 0.15) is 33.4 Å². The number of amides is 1. The molecule has 1 aliphatic heterocycles. The lowest BCUT2D eigenvalue weighted by Crippen LogP contribution is -2.42. The second-order valence-corrected chi connectivity index (χ2v) is 7.90. The van der Waals surface area contributed by atoms with Crippen molar-refractivity contribution in [3.63, 3.8) is 0 Å². The summed E-state index contributed by atoms with van der Waals surface area (Å²) in [6.07, 6.45) is 0.293. The second-order valence-electron chi connectivity index (χ2n) is 7.04. The molecule has 0 bridgehead atoms. The molecule has 2 heterocycles. The van der Waals surface area contributed by atoms with Crippen LogP contribution in [0.5, 0.6) is 11.5 Å². The maximum Gasteiger partial charge on any atom is 0.231 e. The minimum absolute atomic E-state index is 0.0000355. The number of hydrogen-bond acceptors (Lipinski definition) is 5. The third kappa shape index (κ3) is 3.70. The van der Waals surface area contributed by atoms with Crippen LogP contribution in [0.3, 0.4) is 0 Å².